The van der Waals surface area contributed by atoms with Gasteiger partial charge in [0.25, 0.3) is 0 Å². The number of hydrogen-bond donors (Lipinski definition) is 2. The second-order valence-electron chi connectivity index (χ2n) is 4.73. The van der Waals surface area contributed by atoms with Crippen molar-refractivity contribution in [2.24, 2.45) is 4.99 Å². The Labute approximate surface area is 117 Å². The van der Waals surface area contributed by atoms with Gasteiger partial charge in [-0.1, -0.05) is 24.3 Å². The summed E-state index contributed by atoms with van der Waals surface area (Å²) in [7, 11) is 0. The van der Waals surface area contributed by atoms with E-state index in [0.29, 0.717) is 0 Å². The molecule has 1 aromatic heterocycles. The number of aromatic nitrogens is 3. The summed E-state index contributed by atoms with van der Waals surface area (Å²) in [4.78, 5) is 8.39. The maximum absolute atomic E-state index is 4.42. The van der Waals surface area contributed by atoms with Crippen molar-refractivity contribution in [3.8, 4) is 0 Å². The summed E-state index contributed by atoms with van der Waals surface area (Å²) in [6.07, 6.45) is 4.40. The molecule has 6 heteroatoms. The number of guanidine groups is 1. The fourth-order valence-corrected chi connectivity index (χ4v) is 2.20. The maximum atomic E-state index is 4.42. The molecule has 0 atom stereocenters. The number of nitrogens with zero attached hydrogens (tertiary/aromatic N) is 4. The fraction of sp³-hybridized carbons (Fsp3) is 0.357. The Morgan fingerprint density at radius 2 is 2.15 bits per heavy atom. The van der Waals surface area contributed by atoms with Gasteiger partial charge in [-0.25, -0.2) is 9.67 Å². The van der Waals surface area contributed by atoms with E-state index in [4.69, 9.17) is 0 Å². The Hall–Kier alpha value is -2.37. The van der Waals surface area contributed by atoms with E-state index in [1.165, 1.54) is 11.1 Å². The lowest BCUT2D eigenvalue weighted by Gasteiger charge is -2.17. The zero-order valence-electron chi connectivity index (χ0n) is 11.3. The summed E-state index contributed by atoms with van der Waals surface area (Å²) in [6, 6.07) is 8.35. The van der Waals surface area contributed by atoms with Crippen LogP contribution in [-0.2, 0) is 13.1 Å². The summed E-state index contributed by atoms with van der Waals surface area (Å²) in [5.74, 6) is 0.895. The molecule has 0 amide bonds. The second-order valence-corrected chi connectivity index (χ2v) is 4.73. The van der Waals surface area contributed by atoms with Crippen molar-refractivity contribution < 1.29 is 0 Å². The first-order valence-corrected chi connectivity index (χ1v) is 6.83. The van der Waals surface area contributed by atoms with Gasteiger partial charge >= 0.3 is 0 Å². The van der Waals surface area contributed by atoms with E-state index < -0.39 is 0 Å². The van der Waals surface area contributed by atoms with Crippen LogP contribution in [0.5, 0.6) is 0 Å². The van der Waals surface area contributed by atoms with Gasteiger partial charge in [0.1, 0.15) is 12.7 Å². The SMILES string of the molecule is c1ccc(Cn2cncn2)c(CNC2=NCCCN2)c1. The molecule has 1 aromatic carbocycles. The third kappa shape index (κ3) is 3.14. The van der Waals surface area contributed by atoms with Gasteiger partial charge < -0.3 is 10.6 Å². The Kier molecular flexibility index (Phi) is 3.91. The Morgan fingerprint density at radius 3 is 2.90 bits per heavy atom. The normalized spacial score (nSPS) is 14.5. The van der Waals surface area contributed by atoms with Gasteiger partial charge in [0.05, 0.1) is 6.54 Å². The zero-order valence-corrected chi connectivity index (χ0v) is 11.3. The Morgan fingerprint density at radius 1 is 1.25 bits per heavy atom. The van der Waals surface area contributed by atoms with Crippen molar-refractivity contribution in [2.75, 3.05) is 13.1 Å². The topological polar surface area (TPSA) is 67.1 Å². The number of rotatable bonds is 4. The van der Waals surface area contributed by atoms with Crippen molar-refractivity contribution in [3.05, 3.63) is 48.0 Å². The molecule has 0 fully saturated rings. The minimum Gasteiger partial charge on any atom is -0.356 e. The van der Waals surface area contributed by atoms with E-state index in [9.17, 15) is 0 Å². The van der Waals surface area contributed by atoms with Gasteiger partial charge in [0, 0.05) is 19.6 Å². The largest absolute Gasteiger partial charge is 0.356 e. The molecule has 1 aliphatic heterocycles. The summed E-state index contributed by atoms with van der Waals surface area (Å²) < 4.78 is 1.83. The van der Waals surface area contributed by atoms with Gasteiger partial charge in [0.15, 0.2) is 5.96 Å². The molecular weight excluding hydrogens is 252 g/mol. The quantitative estimate of drug-likeness (QED) is 0.861. The van der Waals surface area contributed by atoms with Gasteiger partial charge in [0.2, 0.25) is 0 Å². The molecule has 104 valence electrons. The lowest BCUT2D eigenvalue weighted by atomic mass is 10.1. The summed E-state index contributed by atoms with van der Waals surface area (Å²) in [6.45, 7) is 3.39. The maximum Gasteiger partial charge on any atom is 0.191 e. The number of benzene rings is 1. The van der Waals surface area contributed by atoms with Gasteiger partial charge in [-0.3, -0.25) is 4.99 Å². The average molecular weight is 270 g/mol. The van der Waals surface area contributed by atoms with Crippen LogP contribution >= 0.6 is 0 Å². The lowest BCUT2D eigenvalue weighted by molar-refractivity contribution is 0.671. The van der Waals surface area contributed by atoms with Crippen LogP contribution in [-0.4, -0.2) is 33.8 Å². The third-order valence-electron chi connectivity index (χ3n) is 3.26. The van der Waals surface area contributed by atoms with Crippen LogP contribution in [0.3, 0.4) is 0 Å². The first-order chi connectivity index (χ1) is 9.92. The lowest BCUT2D eigenvalue weighted by Crippen LogP contribution is -2.40. The van der Waals surface area contributed by atoms with E-state index in [1.54, 1.807) is 12.7 Å². The van der Waals surface area contributed by atoms with Crippen molar-refractivity contribution in [1.82, 2.24) is 25.4 Å². The first kappa shape index (κ1) is 12.7. The van der Waals surface area contributed by atoms with E-state index in [2.05, 4.69) is 43.9 Å². The second kappa shape index (κ2) is 6.18. The molecule has 6 nitrogen and oxygen atoms in total. The standard InChI is InChI=1S/C14H18N6/c1-2-5-13(9-20-11-15-10-19-20)12(4-1)8-18-14-16-6-3-7-17-14/h1-2,4-5,10-11H,3,6-9H2,(H2,16,17,18). The molecule has 0 aliphatic carbocycles. The predicted molar refractivity (Wildman–Crippen MR) is 77.3 cm³/mol. The molecule has 0 saturated heterocycles. The highest BCUT2D eigenvalue weighted by Gasteiger charge is 2.06. The summed E-state index contributed by atoms with van der Waals surface area (Å²) in [5, 5.41) is 10.8. The highest BCUT2D eigenvalue weighted by Crippen LogP contribution is 2.10. The van der Waals surface area contributed by atoms with Crippen LogP contribution in [0, 0.1) is 0 Å². The zero-order chi connectivity index (χ0) is 13.6. The molecule has 2 N–H and O–H groups in total. The number of aliphatic imine (C=N–C) groups is 1. The monoisotopic (exact) mass is 270 g/mol. The van der Waals surface area contributed by atoms with E-state index in [-0.39, 0.29) is 0 Å². The third-order valence-corrected chi connectivity index (χ3v) is 3.26. The fourth-order valence-electron chi connectivity index (χ4n) is 2.20. The predicted octanol–water partition coefficient (Wildman–Crippen LogP) is 0.765. The van der Waals surface area contributed by atoms with E-state index in [1.807, 2.05) is 10.7 Å². The van der Waals surface area contributed by atoms with Crippen molar-refractivity contribution in [3.63, 3.8) is 0 Å². The molecular formula is C14H18N6. The average Bonchev–Trinajstić information content (AvgIpc) is 3.00. The minimum atomic E-state index is 0.734. The Balaban J connectivity index is 1.67. The first-order valence-electron chi connectivity index (χ1n) is 6.83. The van der Waals surface area contributed by atoms with Crippen molar-refractivity contribution >= 4 is 5.96 Å². The molecule has 0 bridgehead atoms. The Bertz CT molecular complexity index is 575. The molecule has 0 unspecified atom stereocenters. The molecule has 20 heavy (non-hydrogen) atoms. The van der Waals surface area contributed by atoms with Crippen LogP contribution in [0.25, 0.3) is 0 Å². The summed E-state index contributed by atoms with van der Waals surface area (Å²) in [5.41, 5.74) is 2.49. The number of nitrogens with one attached hydrogen (secondary N) is 2. The molecule has 2 heterocycles. The molecule has 0 saturated carbocycles. The molecule has 3 rings (SSSR count). The van der Waals surface area contributed by atoms with E-state index >= 15 is 0 Å². The van der Waals surface area contributed by atoms with Crippen LogP contribution < -0.4 is 10.6 Å². The van der Waals surface area contributed by atoms with Gasteiger partial charge in [-0.2, -0.15) is 5.10 Å². The van der Waals surface area contributed by atoms with Crippen molar-refractivity contribution in [1.29, 1.82) is 0 Å². The van der Waals surface area contributed by atoms with Crippen LogP contribution in [0.2, 0.25) is 0 Å². The molecule has 0 radical (unpaired) electrons. The number of hydrogen-bond acceptors (Lipinski definition) is 5. The van der Waals surface area contributed by atoms with Gasteiger partial charge in [-0.15, -0.1) is 0 Å². The molecule has 0 spiro atoms. The molecule has 1 aliphatic rings. The van der Waals surface area contributed by atoms with Crippen LogP contribution in [0.4, 0.5) is 0 Å². The minimum absolute atomic E-state index is 0.734. The van der Waals surface area contributed by atoms with Crippen LogP contribution in [0.15, 0.2) is 41.9 Å². The van der Waals surface area contributed by atoms with Gasteiger partial charge in [-0.05, 0) is 17.5 Å². The molecule has 2 aromatic rings. The van der Waals surface area contributed by atoms with Crippen LogP contribution in [0.1, 0.15) is 17.5 Å². The smallest absolute Gasteiger partial charge is 0.191 e. The summed E-state index contributed by atoms with van der Waals surface area (Å²) >= 11 is 0. The van der Waals surface area contributed by atoms with Crippen molar-refractivity contribution in [2.45, 2.75) is 19.5 Å². The highest BCUT2D eigenvalue weighted by atomic mass is 15.3. The highest BCUT2D eigenvalue weighted by molar-refractivity contribution is 5.80. The van der Waals surface area contributed by atoms with E-state index in [0.717, 1.165) is 38.6 Å².